The minimum Gasteiger partial charge on any atom is -0.343 e. The van der Waals surface area contributed by atoms with Gasteiger partial charge in [0.05, 0.1) is 13.1 Å². The van der Waals surface area contributed by atoms with E-state index in [1.54, 1.807) is 48.5 Å². The van der Waals surface area contributed by atoms with E-state index in [1.165, 1.54) is 11.9 Å². The van der Waals surface area contributed by atoms with Crippen LogP contribution in [-0.2, 0) is 9.59 Å². The zero-order valence-electron chi connectivity index (χ0n) is 14.0. The van der Waals surface area contributed by atoms with Crippen LogP contribution >= 0.6 is 27.5 Å². The fourth-order valence-corrected chi connectivity index (χ4v) is 2.59. The Kier molecular flexibility index (Phi) is 7.17. The van der Waals surface area contributed by atoms with E-state index in [2.05, 4.69) is 26.6 Å². The molecule has 26 heavy (non-hydrogen) atoms. The second kappa shape index (κ2) is 9.35. The van der Waals surface area contributed by atoms with Gasteiger partial charge >= 0.3 is 0 Å². The van der Waals surface area contributed by atoms with Crippen LogP contribution in [0.15, 0.2) is 53.0 Å². The zero-order valence-corrected chi connectivity index (χ0v) is 16.3. The molecule has 0 atom stereocenters. The number of rotatable bonds is 6. The third kappa shape index (κ3) is 6.16. The molecule has 2 aromatic rings. The number of amides is 3. The highest BCUT2D eigenvalue weighted by Crippen LogP contribution is 2.13. The molecule has 0 saturated heterocycles. The number of hydrogen-bond acceptors (Lipinski definition) is 3. The summed E-state index contributed by atoms with van der Waals surface area (Å²) < 4.78 is 0.771. The molecular formula is C18H17BrClN3O3. The van der Waals surface area contributed by atoms with Gasteiger partial charge < -0.3 is 15.5 Å². The molecule has 8 heteroatoms. The van der Waals surface area contributed by atoms with Crippen molar-refractivity contribution in [3.8, 4) is 0 Å². The Morgan fingerprint density at radius 1 is 1.12 bits per heavy atom. The molecule has 0 aliphatic carbocycles. The molecule has 0 fully saturated rings. The summed E-state index contributed by atoms with van der Waals surface area (Å²) in [5, 5.41) is 5.77. The molecule has 2 rings (SSSR count). The summed E-state index contributed by atoms with van der Waals surface area (Å²) in [6.45, 7) is -0.329. The number of nitrogens with zero attached hydrogens (tertiary/aromatic N) is 1. The fraction of sp³-hybridized carbons (Fsp3) is 0.167. The highest BCUT2D eigenvalue weighted by Gasteiger charge is 2.15. The van der Waals surface area contributed by atoms with E-state index < -0.39 is 0 Å². The number of carbonyl (C=O) groups is 3. The van der Waals surface area contributed by atoms with Gasteiger partial charge in [-0.1, -0.05) is 33.6 Å². The van der Waals surface area contributed by atoms with Crippen LogP contribution in [0.25, 0.3) is 0 Å². The maximum atomic E-state index is 12.1. The Morgan fingerprint density at radius 3 is 2.46 bits per heavy atom. The number of carbonyl (C=O) groups excluding carboxylic acids is 3. The SMILES string of the molecule is CN(CC(=O)Nc1ccc(Cl)cc1)C(=O)CNC(=O)c1cccc(Br)c1. The van der Waals surface area contributed by atoms with Gasteiger partial charge in [0.1, 0.15) is 0 Å². The molecule has 0 bridgehead atoms. The molecule has 3 amide bonds. The van der Waals surface area contributed by atoms with Gasteiger partial charge in [0.25, 0.3) is 5.91 Å². The van der Waals surface area contributed by atoms with Gasteiger partial charge in [-0.15, -0.1) is 0 Å². The summed E-state index contributed by atoms with van der Waals surface area (Å²) >= 11 is 9.07. The van der Waals surface area contributed by atoms with Gasteiger partial charge in [0.2, 0.25) is 11.8 Å². The molecule has 0 aliphatic heterocycles. The minimum atomic E-state index is -0.375. The first-order chi connectivity index (χ1) is 12.3. The standard InChI is InChI=1S/C18H17BrClN3O3/c1-23(11-16(24)22-15-7-5-14(20)6-8-15)17(25)10-21-18(26)12-3-2-4-13(19)9-12/h2-9H,10-11H2,1H3,(H,21,26)(H,22,24). The topological polar surface area (TPSA) is 78.5 Å². The third-order valence-electron chi connectivity index (χ3n) is 3.42. The fourth-order valence-electron chi connectivity index (χ4n) is 2.06. The van der Waals surface area contributed by atoms with Crippen molar-refractivity contribution in [1.82, 2.24) is 10.2 Å². The largest absolute Gasteiger partial charge is 0.343 e. The lowest BCUT2D eigenvalue weighted by atomic mass is 10.2. The van der Waals surface area contributed by atoms with Crippen LogP contribution in [0.5, 0.6) is 0 Å². The number of benzene rings is 2. The Balaban J connectivity index is 1.80. The van der Waals surface area contributed by atoms with Gasteiger partial charge in [0.15, 0.2) is 0 Å². The van der Waals surface area contributed by atoms with E-state index >= 15 is 0 Å². The average molecular weight is 439 g/mol. The molecule has 2 N–H and O–H groups in total. The number of nitrogens with one attached hydrogen (secondary N) is 2. The minimum absolute atomic E-state index is 0.131. The van der Waals surface area contributed by atoms with Crippen LogP contribution in [-0.4, -0.2) is 42.8 Å². The van der Waals surface area contributed by atoms with E-state index in [0.717, 1.165) is 4.47 Å². The molecule has 2 aromatic carbocycles. The van der Waals surface area contributed by atoms with Crippen LogP contribution in [0.1, 0.15) is 10.4 Å². The Labute approximate surface area is 164 Å². The summed E-state index contributed by atoms with van der Waals surface area (Å²) in [5.41, 5.74) is 1.03. The number of hydrogen-bond donors (Lipinski definition) is 2. The van der Waals surface area contributed by atoms with Crippen molar-refractivity contribution in [1.29, 1.82) is 0 Å². The lowest BCUT2D eigenvalue weighted by Crippen LogP contribution is -2.41. The summed E-state index contributed by atoms with van der Waals surface area (Å²) in [5.74, 6) is -1.08. The smallest absolute Gasteiger partial charge is 0.251 e. The maximum absolute atomic E-state index is 12.1. The quantitative estimate of drug-likeness (QED) is 0.728. The van der Waals surface area contributed by atoms with Gasteiger partial charge in [-0.3, -0.25) is 14.4 Å². The van der Waals surface area contributed by atoms with E-state index in [1.807, 2.05) is 0 Å². The number of halogens is 2. The second-order valence-corrected chi connectivity index (χ2v) is 6.85. The summed E-state index contributed by atoms with van der Waals surface area (Å²) in [6, 6.07) is 13.5. The normalized spacial score (nSPS) is 10.1. The maximum Gasteiger partial charge on any atom is 0.251 e. The predicted octanol–water partition coefficient (Wildman–Crippen LogP) is 2.93. The summed E-state index contributed by atoms with van der Waals surface area (Å²) in [7, 11) is 1.50. The van der Waals surface area contributed by atoms with Gasteiger partial charge in [-0.2, -0.15) is 0 Å². The van der Waals surface area contributed by atoms with Gasteiger partial charge in [-0.05, 0) is 42.5 Å². The van der Waals surface area contributed by atoms with Crippen LogP contribution in [0.4, 0.5) is 5.69 Å². The zero-order chi connectivity index (χ0) is 19.1. The monoisotopic (exact) mass is 437 g/mol. The van der Waals surface area contributed by atoms with Crippen LogP contribution < -0.4 is 10.6 Å². The molecular weight excluding hydrogens is 422 g/mol. The van der Waals surface area contributed by atoms with Crippen LogP contribution in [0.3, 0.4) is 0 Å². The van der Waals surface area contributed by atoms with Crippen molar-refractivity contribution >= 4 is 50.9 Å². The molecule has 0 spiro atoms. The first-order valence-corrected chi connectivity index (χ1v) is 8.85. The van der Waals surface area contributed by atoms with Crippen molar-refractivity contribution < 1.29 is 14.4 Å². The van der Waals surface area contributed by atoms with Crippen molar-refractivity contribution in [2.75, 3.05) is 25.5 Å². The lowest BCUT2D eigenvalue weighted by molar-refractivity contribution is -0.132. The molecule has 0 heterocycles. The average Bonchev–Trinajstić information content (AvgIpc) is 2.61. The number of likely N-dealkylation sites (N-methyl/N-ethyl adjacent to an activating group) is 1. The Bertz CT molecular complexity index is 812. The van der Waals surface area contributed by atoms with Crippen molar-refractivity contribution in [2.45, 2.75) is 0 Å². The molecule has 0 aromatic heterocycles. The molecule has 136 valence electrons. The molecule has 0 saturated carbocycles. The number of anilines is 1. The highest BCUT2D eigenvalue weighted by atomic mass is 79.9. The van der Waals surface area contributed by atoms with Crippen molar-refractivity contribution in [2.24, 2.45) is 0 Å². The molecule has 0 unspecified atom stereocenters. The third-order valence-corrected chi connectivity index (χ3v) is 4.17. The first-order valence-electron chi connectivity index (χ1n) is 7.68. The van der Waals surface area contributed by atoms with Crippen molar-refractivity contribution in [3.05, 3.63) is 63.6 Å². The Hall–Kier alpha value is -2.38. The van der Waals surface area contributed by atoms with Crippen molar-refractivity contribution in [3.63, 3.8) is 0 Å². The van der Waals surface area contributed by atoms with E-state index in [9.17, 15) is 14.4 Å². The predicted molar refractivity (Wildman–Crippen MR) is 104 cm³/mol. The van der Waals surface area contributed by atoms with E-state index in [0.29, 0.717) is 16.3 Å². The van der Waals surface area contributed by atoms with Crippen LogP contribution in [0.2, 0.25) is 5.02 Å². The van der Waals surface area contributed by atoms with E-state index in [-0.39, 0.29) is 30.8 Å². The highest BCUT2D eigenvalue weighted by molar-refractivity contribution is 9.10. The van der Waals surface area contributed by atoms with Gasteiger partial charge in [0, 0.05) is 27.8 Å². The summed E-state index contributed by atoms with van der Waals surface area (Å²) in [6.07, 6.45) is 0. The molecule has 0 aliphatic rings. The van der Waals surface area contributed by atoms with Crippen LogP contribution in [0, 0.1) is 0 Å². The van der Waals surface area contributed by atoms with E-state index in [4.69, 9.17) is 11.6 Å². The Morgan fingerprint density at radius 2 is 1.81 bits per heavy atom. The lowest BCUT2D eigenvalue weighted by Gasteiger charge is -2.17. The molecule has 0 radical (unpaired) electrons. The first kappa shape index (κ1) is 19.9. The molecule has 6 nitrogen and oxygen atoms in total. The van der Waals surface area contributed by atoms with Gasteiger partial charge in [-0.25, -0.2) is 0 Å². The summed E-state index contributed by atoms with van der Waals surface area (Å²) in [4.78, 5) is 37.3. The second-order valence-electron chi connectivity index (χ2n) is 5.50.